The summed E-state index contributed by atoms with van der Waals surface area (Å²) in [6.07, 6.45) is 0. The van der Waals surface area contributed by atoms with Crippen molar-refractivity contribution in [3.8, 4) is 0 Å². The molecule has 1 aliphatic heterocycles. The molecule has 6 nitrogen and oxygen atoms in total. The molecule has 1 fully saturated rings. The molecular formula is H3N2O4P. The van der Waals surface area contributed by atoms with E-state index in [-0.39, 0.29) is 5.39 Å². The van der Waals surface area contributed by atoms with E-state index in [0.717, 1.165) is 0 Å². The molecule has 0 spiro atoms. The van der Waals surface area contributed by atoms with Gasteiger partial charge in [-0.1, -0.05) is 0 Å². The molecule has 1 saturated heterocycles. The molecule has 0 aromatic rings. The van der Waals surface area contributed by atoms with Gasteiger partial charge < -0.3 is 0 Å². The van der Waals surface area contributed by atoms with Crippen LogP contribution < -0.4 is 5.50 Å². The van der Waals surface area contributed by atoms with E-state index in [1.165, 1.54) is 0 Å². The van der Waals surface area contributed by atoms with Crippen molar-refractivity contribution in [2.24, 2.45) is 5.50 Å². The Hall–Kier alpha value is 0.0300. The molecule has 0 amide bonds. The maximum Gasteiger partial charge on any atom is 0.443 e. The minimum atomic E-state index is -3.35. The Morgan fingerprint density at radius 1 is 1.71 bits per heavy atom. The van der Waals surface area contributed by atoms with E-state index in [4.69, 9.17) is 5.21 Å². The molecular weight excluding hydrogens is 123 g/mol. The summed E-state index contributed by atoms with van der Waals surface area (Å²) in [5, 5.41) is 7.87. The van der Waals surface area contributed by atoms with Crippen LogP contribution in [0, 0.1) is 0 Å². The van der Waals surface area contributed by atoms with Crippen molar-refractivity contribution >= 4 is 7.75 Å². The Balaban J connectivity index is 2.44. The van der Waals surface area contributed by atoms with E-state index >= 15 is 0 Å². The van der Waals surface area contributed by atoms with E-state index in [1.54, 1.807) is 0 Å². The minimum Gasteiger partial charge on any atom is -0.265 e. The maximum absolute atomic E-state index is 10.0. The lowest BCUT2D eigenvalue weighted by Crippen LogP contribution is -2.31. The van der Waals surface area contributed by atoms with Crippen LogP contribution in [0.3, 0.4) is 0 Å². The van der Waals surface area contributed by atoms with Crippen molar-refractivity contribution in [1.29, 1.82) is 0 Å². The Kier molecular flexibility index (Phi) is 0.927. The fourth-order valence-electron chi connectivity index (χ4n) is 0.201. The minimum absolute atomic E-state index is 0.0548. The first kappa shape index (κ1) is 5.17. The van der Waals surface area contributed by atoms with Gasteiger partial charge in [0.2, 0.25) is 0 Å². The highest BCUT2D eigenvalue weighted by molar-refractivity contribution is 7.51. The summed E-state index contributed by atoms with van der Waals surface area (Å²) in [4.78, 5) is 0. The van der Waals surface area contributed by atoms with E-state index in [1.807, 2.05) is 0 Å². The molecule has 7 heteroatoms. The largest absolute Gasteiger partial charge is 0.443 e. The second-order valence-corrected chi connectivity index (χ2v) is 2.35. The van der Waals surface area contributed by atoms with Gasteiger partial charge in [0.05, 0.1) is 5.39 Å². The Bertz CT molecular complexity index is 111. The zero-order valence-corrected chi connectivity index (χ0v) is 4.04. The molecule has 3 N–H and O–H groups in total. The van der Waals surface area contributed by atoms with Crippen LogP contribution in [0.25, 0.3) is 0 Å². The first-order valence-corrected chi connectivity index (χ1v) is 2.98. The van der Waals surface area contributed by atoms with Crippen molar-refractivity contribution in [2.45, 2.75) is 0 Å². The van der Waals surface area contributed by atoms with Crippen LogP contribution in [0.5, 0.6) is 0 Å². The fourth-order valence-corrected chi connectivity index (χ4v) is 0.602. The number of hydrogen-bond donors (Lipinski definition) is 2. The van der Waals surface area contributed by atoms with Crippen molar-refractivity contribution in [2.75, 3.05) is 0 Å². The predicted octanol–water partition coefficient (Wildman–Crippen LogP) is -0.379. The third-order valence-corrected chi connectivity index (χ3v) is 1.10. The quantitative estimate of drug-likeness (QED) is 0.430. The van der Waals surface area contributed by atoms with Crippen LogP contribution >= 0.6 is 7.75 Å². The molecule has 0 atom stereocenters. The van der Waals surface area contributed by atoms with Gasteiger partial charge in [0.25, 0.3) is 0 Å². The van der Waals surface area contributed by atoms with Gasteiger partial charge in [-0.2, -0.15) is 9.25 Å². The first-order valence-electron chi connectivity index (χ1n) is 1.37. The van der Waals surface area contributed by atoms with E-state index < -0.39 is 7.75 Å². The fraction of sp³-hybridized carbons (Fsp3) is 0. The molecule has 1 heterocycles. The van der Waals surface area contributed by atoms with Gasteiger partial charge in [0.1, 0.15) is 0 Å². The Labute approximate surface area is 38.9 Å². The highest BCUT2D eigenvalue weighted by atomic mass is 31.2. The van der Waals surface area contributed by atoms with Crippen LogP contribution in [0.2, 0.25) is 0 Å². The van der Waals surface area contributed by atoms with Crippen LogP contribution in [0.15, 0.2) is 0 Å². The number of nitrogens with two attached hydrogens (primary N) is 1. The average Bonchev–Trinajstić information content (AvgIpc) is 1.27. The van der Waals surface area contributed by atoms with Gasteiger partial charge in [-0.15, -0.1) is 0 Å². The van der Waals surface area contributed by atoms with Gasteiger partial charge in [0, 0.05) is 0 Å². The summed E-state index contributed by atoms with van der Waals surface area (Å²) in [5.74, 6) is 0. The second kappa shape index (κ2) is 1.25. The van der Waals surface area contributed by atoms with Crippen molar-refractivity contribution < 1.29 is 19.0 Å². The lowest BCUT2D eigenvalue weighted by atomic mass is 13.0. The summed E-state index contributed by atoms with van der Waals surface area (Å²) in [6.45, 7) is 0. The highest BCUT2D eigenvalue weighted by Crippen LogP contribution is 2.49. The lowest BCUT2D eigenvalue weighted by molar-refractivity contribution is -0.490. The molecule has 0 radical (unpaired) electrons. The molecule has 0 unspecified atom stereocenters. The summed E-state index contributed by atoms with van der Waals surface area (Å²) < 4.78 is 17.7. The molecule has 1 rings (SSSR count). The number of rotatable bonds is 0. The molecule has 0 aromatic carbocycles. The standard InChI is InChI=1S/H3N2O4P/c1-7(4)5-2(3)6-7/h3H,(H2,1,4). The van der Waals surface area contributed by atoms with E-state index in [9.17, 15) is 4.57 Å². The monoisotopic (exact) mass is 126 g/mol. The van der Waals surface area contributed by atoms with Crippen molar-refractivity contribution in [3.63, 3.8) is 0 Å². The second-order valence-electron chi connectivity index (χ2n) is 0.941. The van der Waals surface area contributed by atoms with Crippen molar-refractivity contribution in [1.82, 2.24) is 5.39 Å². The molecule has 42 valence electrons. The molecule has 0 aromatic heterocycles. The Morgan fingerprint density at radius 3 is 2.14 bits per heavy atom. The summed E-state index contributed by atoms with van der Waals surface area (Å²) in [5.41, 5.74) is 4.62. The van der Waals surface area contributed by atoms with Gasteiger partial charge >= 0.3 is 7.75 Å². The smallest absolute Gasteiger partial charge is 0.265 e. The predicted molar refractivity (Wildman–Crippen MR) is 17.6 cm³/mol. The third kappa shape index (κ3) is 0.973. The number of nitrogens with zero attached hydrogens (tertiary/aromatic N) is 1. The van der Waals surface area contributed by atoms with Gasteiger partial charge in [0.15, 0.2) is 0 Å². The molecule has 7 heavy (non-hydrogen) atoms. The molecule has 0 saturated carbocycles. The summed E-state index contributed by atoms with van der Waals surface area (Å²) in [6, 6.07) is 0. The Morgan fingerprint density at radius 2 is 2.14 bits per heavy atom. The van der Waals surface area contributed by atoms with Crippen LogP contribution in [-0.4, -0.2) is 10.6 Å². The lowest BCUT2D eigenvalue weighted by Gasteiger charge is -2.25. The maximum atomic E-state index is 10.0. The molecule has 0 bridgehead atoms. The zero-order valence-electron chi connectivity index (χ0n) is 3.14. The molecule has 1 aliphatic rings. The van der Waals surface area contributed by atoms with E-state index in [0.29, 0.717) is 0 Å². The normalized spacial score (nSPS) is 29.4. The third-order valence-electron chi connectivity index (χ3n) is 0.367. The summed E-state index contributed by atoms with van der Waals surface area (Å²) >= 11 is 0. The SMILES string of the molecule is NP1(=O)ON(O)O1. The van der Waals surface area contributed by atoms with Crippen LogP contribution in [-0.2, 0) is 13.8 Å². The summed E-state index contributed by atoms with van der Waals surface area (Å²) in [7, 11) is -3.35. The van der Waals surface area contributed by atoms with Crippen LogP contribution in [0.1, 0.15) is 0 Å². The average molecular weight is 126 g/mol. The molecule has 0 aliphatic carbocycles. The van der Waals surface area contributed by atoms with Crippen LogP contribution in [0.4, 0.5) is 0 Å². The van der Waals surface area contributed by atoms with Gasteiger partial charge in [-0.3, -0.25) is 5.21 Å². The van der Waals surface area contributed by atoms with E-state index in [2.05, 4.69) is 14.8 Å². The zero-order chi connectivity index (χ0) is 5.49. The van der Waals surface area contributed by atoms with Gasteiger partial charge in [-0.25, -0.2) is 10.1 Å². The highest BCUT2D eigenvalue weighted by Gasteiger charge is 2.38. The topological polar surface area (TPSA) is 85.0 Å². The first-order chi connectivity index (χ1) is 3.10. The van der Waals surface area contributed by atoms with Crippen molar-refractivity contribution in [3.05, 3.63) is 0 Å². The number of hydrogen-bond acceptors (Lipinski definition) is 5. The van der Waals surface area contributed by atoms with Gasteiger partial charge in [-0.05, 0) is 0 Å².